The second-order valence-electron chi connectivity index (χ2n) is 4.73. The van der Waals surface area contributed by atoms with E-state index in [9.17, 15) is 30.7 Å². The van der Waals surface area contributed by atoms with Gasteiger partial charge in [-0.25, -0.2) is 30.7 Å². The highest BCUT2D eigenvalue weighted by Crippen LogP contribution is 2.33. The lowest BCUT2D eigenvalue weighted by Crippen LogP contribution is -1.99. The molecular formula is C16H5F7. The molecule has 0 aliphatic carbocycles. The number of hydrogen-bond donors (Lipinski definition) is 0. The fraction of sp³-hybridized carbons (Fsp3) is 0. The average molecular weight is 330 g/mol. The molecule has 0 spiro atoms. The second-order valence-corrected chi connectivity index (χ2v) is 4.73. The molecule has 0 atom stereocenters. The minimum absolute atomic E-state index is 0.351. The van der Waals surface area contributed by atoms with Crippen LogP contribution in [-0.2, 0) is 0 Å². The van der Waals surface area contributed by atoms with Crippen LogP contribution < -0.4 is 0 Å². The van der Waals surface area contributed by atoms with Crippen LogP contribution in [0.3, 0.4) is 0 Å². The molecule has 7 heteroatoms. The van der Waals surface area contributed by atoms with E-state index in [-0.39, 0.29) is 5.56 Å². The quantitative estimate of drug-likeness (QED) is 0.315. The Morgan fingerprint density at radius 1 is 0.478 bits per heavy atom. The van der Waals surface area contributed by atoms with E-state index in [1.807, 2.05) is 0 Å². The van der Waals surface area contributed by atoms with Gasteiger partial charge < -0.3 is 0 Å². The average Bonchev–Trinajstić information content (AvgIpc) is 2.54. The molecular weight excluding hydrogens is 325 g/mol. The number of rotatable bonds is 1. The van der Waals surface area contributed by atoms with Crippen LogP contribution in [0, 0.1) is 40.7 Å². The zero-order valence-corrected chi connectivity index (χ0v) is 11.0. The van der Waals surface area contributed by atoms with Crippen LogP contribution in [0.1, 0.15) is 0 Å². The monoisotopic (exact) mass is 330 g/mol. The molecule has 0 aromatic heterocycles. The summed E-state index contributed by atoms with van der Waals surface area (Å²) < 4.78 is 94.5. The standard InChI is InChI=1S/C16H5F7/c17-9-3-4-10(18)14(21)11(9)6-1-2-7-8(5-6)13(20)16(23)15(22)12(7)19/h1-5H. The molecule has 0 aliphatic rings. The molecule has 0 saturated carbocycles. The number of halogens is 7. The van der Waals surface area contributed by atoms with Crippen LogP contribution in [0.15, 0.2) is 30.3 Å². The minimum atomic E-state index is -2.05. The maximum atomic E-state index is 13.8. The maximum Gasteiger partial charge on any atom is 0.198 e. The van der Waals surface area contributed by atoms with E-state index in [4.69, 9.17) is 0 Å². The lowest BCUT2D eigenvalue weighted by atomic mass is 9.99. The molecule has 23 heavy (non-hydrogen) atoms. The van der Waals surface area contributed by atoms with Crippen molar-refractivity contribution in [3.8, 4) is 11.1 Å². The molecule has 0 heterocycles. The molecule has 3 aromatic rings. The molecule has 0 nitrogen and oxygen atoms in total. The molecule has 3 aromatic carbocycles. The highest BCUT2D eigenvalue weighted by molar-refractivity contribution is 5.88. The first-order chi connectivity index (χ1) is 10.8. The predicted octanol–water partition coefficient (Wildman–Crippen LogP) is 5.48. The Hall–Kier alpha value is -2.57. The van der Waals surface area contributed by atoms with Gasteiger partial charge in [0.15, 0.2) is 34.9 Å². The van der Waals surface area contributed by atoms with Crippen molar-refractivity contribution in [3.63, 3.8) is 0 Å². The van der Waals surface area contributed by atoms with Crippen LogP contribution in [0.25, 0.3) is 21.9 Å². The summed E-state index contributed by atoms with van der Waals surface area (Å²) in [4.78, 5) is 0. The van der Waals surface area contributed by atoms with Crippen LogP contribution in [-0.4, -0.2) is 0 Å². The highest BCUT2D eigenvalue weighted by atomic mass is 19.2. The van der Waals surface area contributed by atoms with Crippen molar-refractivity contribution in [1.29, 1.82) is 0 Å². The van der Waals surface area contributed by atoms with Gasteiger partial charge in [0.1, 0.15) is 5.82 Å². The van der Waals surface area contributed by atoms with Gasteiger partial charge in [-0.15, -0.1) is 0 Å². The first kappa shape index (κ1) is 15.3. The largest absolute Gasteiger partial charge is 0.206 e. The zero-order valence-electron chi connectivity index (χ0n) is 11.0. The number of hydrogen-bond acceptors (Lipinski definition) is 0. The predicted molar refractivity (Wildman–Crippen MR) is 69.1 cm³/mol. The van der Waals surface area contributed by atoms with E-state index in [1.165, 1.54) is 0 Å². The van der Waals surface area contributed by atoms with Gasteiger partial charge in [0, 0.05) is 10.8 Å². The zero-order chi connectivity index (χ0) is 16.9. The molecule has 0 radical (unpaired) electrons. The van der Waals surface area contributed by atoms with Crippen LogP contribution in [0.2, 0.25) is 0 Å². The molecule has 0 N–H and O–H groups in total. The van der Waals surface area contributed by atoms with Gasteiger partial charge in [-0.05, 0) is 23.8 Å². The van der Waals surface area contributed by atoms with Crippen molar-refractivity contribution >= 4 is 10.8 Å². The van der Waals surface area contributed by atoms with Crippen molar-refractivity contribution in [2.24, 2.45) is 0 Å². The van der Waals surface area contributed by atoms with E-state index in [0.717, 1.165) is 18.2 Å². The molecule has 0 amide bonds. The third-order valence-electron chi connectivity index (χ3n) is 3.40. The van der Waals surface area contributed by atoms with Crippen molar-refractivity contribution < 1.29 is 30.7 Å². The van der Waals surface area contributed by atoms with Gasteiger partial charge >= 0.3 is 0 Å². The fourth-order valence-corrected chi connectivity index (χ4v) is 2.29. The normalized spacial score (nSPS) is 11.3. The molecule has 0 saturated heterocycles. The van der Waals surface area contributed by atoms with E-state index < -0.39 is 57.1 Å². The Labute approximate surface area is 124 Å². The molecule has 0 bridgehead atoms. The van der Waals surface area contributed by atoms with Gasteiger partial charge in [0.2, 0.25) is 0 Å². The Bertz CT molecular complexity index is 947. The summed E-state index contributed by atoms with van der Waals surface area (Å²) in [6.07, 6.45) is 0. The third kappa shape index (κ3) is 2.23. The van der Waals surface area contributed by atoms with E-state index in [0.29, 0.717) is 12.1 Å². The Morgan fingerprint density at radius 3 is 1.70 bits per heavy atom. The van der Waals surface area contributed by atoms with E-state index >= 15 is 0 Å². The summed E-state index contributed by atoms with van der Waals surface area (Å²) in [5.74, 6) is -11.4. The van der Waals surface area contributed by atoms with Gasteiger partial charge in [-0.2, -0.15) is 0 Å². The lowest BCUT2D eigenvalue weighted by Gasteiger charge is -2.09. The summed E-state index contributed by atoms with van der Waals surface area (Å²) in [6.45, 7) is 0. The maximum absolute atomic E-state index is 13.8. The van der Waals surface area contributed by atoms with Gasteiger partial charge in [-0.1, -0.05) is 12.1 Å². The van der Waals surface area contributed by atoms with Crippen molar-refractivity contribution in [1.82, 2.24) is 0 Å². The first-order valence-corrected chi connectivity index (χ1v) is 6.22. The first-order valence-electron chi connectivity index (χ1n) is 6.22. The summed E-state index contributed by atoms with van der Waals surface area (Å²) in [5.41, 5.74) is -1.17. The van der Waals surface area contributed by atoms with Crippen molar-refractivity contribution in [2.75, 3.05) is 0 Å². The summed E-state index contributed by atoms with van der Waals surface area (Å²) in [5, 5.41) is -1.33. The number of benzene rings is 3. The molecule has 118 valence electrons. The Balaban J connectivity index is 2.37. The summed E-state index contributed by atoms with van der Waals surface area (Å²) in [6, 6.07) is 3.71. The Kier molecular flexibility index (Phi) is 3.50. The smallest absolute Gasteiger partial charge is 0.198 e. The van der Waals surface area contributed by atoms with Crippen molar-refractivity contribution in [3.05, 3.63) is 71.1 Å². The molecule has 0 aliphatic heterocycles. The number of fused-ring (bicyclic) bond motifs is 1. The third-order valence-corrected chi connectivity index (χ3v) is 3.40. The lowest BCUT2D eigenvalue weighted by molar-refractivity contribution is 0.418. The topological polar surface area (TPSA) is 0 Å². The van der Waals surface area contributed by atoms with Gasteiger partial charge in [0.25, 0.3) is 0 Å². The van der Waals surface area contributed by atoms with Crippen LogP contribution >= 0.6 is 0 Å². The molecule has 0 unspecified atom stereocenters. The highest BCUT2D eigenvalue weighted by Gasteiger charge is 2.22. The van der Waals surface area contributed by atoms with Crippen LogP contribution in [0.5, 0.6) is 0 Å². The fourth-order valence-electron chi connectivity index (χ4n) is 2.29. The summed E-state index contributed by atoms with van der Waals surface area (Å²) in [7, 11) is 0. The minimum Gasteiger partial charge on any atom is -0.206 e. The van der Waals surface area contributed by atoms with E-state index in [1.54, 1.807) is 0 Å². The Morgan fingerprint density at radius 2 is 1.04 bits per heavy atom. The second kappa shape index (κ2) is 5.26. The van der Waals surface area contributed by atoms with Gasteiger partial charge in [-0.3, -0.25) is 0 Å². The summed E-state index contributed by atoms with van der Waals surface area (Å²) >= 11 is 0. The van der Waals surface area contributed by atoms with E-state index in [2.05, 4.69) is 0 Å². The SMILES string of the molecule is Fc1ccc(F)c(-c2ccc3c(F)c(F)c(F)c(F)c3c2)c1F. The van der Waals surface area contributed by atoms with Gasteiger partial charge in [0.05, 0.1) is 5.56 Å². The van der Waals surface area contributed by atoms with Crippen LogP contribution in [0.4, 0.5) is 30.7 Å². The van der Waals surface area contributed by atoms with Crippen molar-refractivity contribution in [2.45, 2.75) is 0 Å². The molecule has 3 rings (SSSR count). The molecule has 0 fully saturated rings.